The van der Waals surface area contributed by atoms with E-state index in [9.17, 15) is 21.6 Å². The summed E-state index contributed by atoms with van der Waals surface area (Å²) in [5.41, 5.74) is 5.55. The van der Waals surface area contributed by atoms with E-state index in [1.807, 2.05) is 0 Å². The van der Waals surface area contributed by atoms with E-state index in [-0.39, 0.29) is 15.7 Å². The van der Waals surface area contributed by atoms with Crippen LogP contribution in [0.1, 0.15) is 26.2 Å². The molecule has 1 aliphatic rings. The number of nitrogens with two attached hydrogens (primary N) is 1. The van der Waals surface area contributed by atoms with Crippen molar-refractivity contribution in [1.82, 2.24) is 4.37 Å². The fraction of sp³-hybridized carbons (Fsp3) is 0.700. The number of hydrogen-bond acceptors (Lipinski definition) is 6. The lowest BCUT2D eigenvalue weighted by molar-refractivity contribution is -0.136. The highest BCUT2D eigenvalue weighted by molar-refractivity contribution is 7.92. The summed E-state index contributed by atoms with van der Waals surface area (Å²) in [5, 5.41) is 2.16. The van der Waals surface area contributed by atoms with Crippen molar-refractivity contribution in [2.45, 2.75) is 48.5 Å². The summed E-state index contributed by atoms with van der Waals surface area (Å²) in [4.78, 5) is -0.154. The molecule has 20 heavy (non-hydrogen) atoms. The standard InChI is InChI=1S/C10H14F3N3O2S2/c1-5(4-10(11,12)13)15-9-7(8(14)16-19-9)20(17,18)6-2-3-6/h5-6,15H,2-4H2,1H3,(H2,14,16). The van der Waals surface area contributed by atoms with E-state index in [1.54, 1.807) is 0 Å². The molecule has 1 fully saturated rings. The van der Waals surface area contributed by atoms with Crippen LogP contribution in [0.5, 0.6) is 0 Å². The van der Waals surface area contributed by atoms with E-state index >= 15 is 0 Å². The molecule has 5 nitrogen and oxygen atoms in total. The molecule has 1 unspecified atom stereocenters. The van der Waals surface area contributed by atoms with Crippen molar-refractivity contribution < 1.29 is 21.6 Å². The lowest BCUT2D eigenvalue weighted by atomic mass is 10.2. The van der Waals surface area contributed by atoms with Crippen LogP contribution in [0, 0.1) is 0 Å². The molecule has 0 radical (unpaired) electrons. The van der Waals surface area contributed by atoms with Gasteiger partial charge in [0.15, 0.2) is 15.7 Å². The van der Waals surface area contributed by atoms with E-state index < -0.39 is 33.7 Å². The predicted molar refractivity (Wildman–Crippen MR) is 70.5 cm³/mol. The maximum Gasteiger partial charge on any atom is 0.391 e. The van der Waals surface area contributed by atoms with E-state index in [4.69, 9.17) is 5.73 Å². The van der Waals surface area contributed by atoms with Crippen molar-refractivity contribution in [3.63, 3.8) is 0 Å². The maximum absolute atomic E-state index is 12.3. The van der Waals surface area contributed by atoms with Crippen LogP contribution >= 0.6 is 11.5 Å². The van der Waals surface area contributed by atoms with Gasteiger partial charge in [-0.25, -0.2) is 8.42 Å². The number of aromatic nitrogens is 1. The number of rotatable bonds is 5. The van der Waals surface area contributed by atoms with Crippen LogP contribution in [0.3, 0.4) is 0 Å². The molecule has 3 N–H and O–H groups in total. The Morgan fingerprint density at radius 3 is 2.60 bits per heavy atom. The summed E-state index contributed by atoms with van der Waals surface area (Å²) in [6.45, 7) is 1.33. The third-order valence-corrected chi connectivity index (χ3v) is 6.09. The number of halogens is 3. The van der Waals surface area contributed by atoms with E-state index in [0.717, 1.165) is 11.5 Å². The quantitative estimate of drug-likeness (QED) is 0.866. The number of hydrogen-bond donors (Lipinski definition) is 2. The lowest BCUT2D eigenvalue weighted by Crippen LogP contribution is -2.24. The Morgan fingerprint density at radius 1 is 1.50 bits per heavy atom. The van der Waals surface area contributed by atoms with Crippen molar-refractivity contribution in [3.05, 3.63) is 0 Å². The molecule has 1 aromatic heterocycles. The van der Waals surface area contributed by atoms with Gasteiger partial charge in [0.25, 0.3) is 0 Å². The minimum atomic E-state index is -4.32. The Kier molecular flexibility index (Phi) is 3.89. The van der Waals surface area contributed by atoms with Gasteiger partial charge in [-0.2, -0.15) is 17.5 Å². The molecule has 2 rings (SSSR count). The smallest absolute Gasteiger partial charge is 0.382 e. The molecule has 0 aliphatic heterocycles. The molecule has 1 aromatic rings. The Morgan fingerprint density at radius 2 is 2.10 bits per heavy atom. The Bertz CT molecular complexity index is 593. The third kappa shape index (κ3) is 3.35. The minimum absolute atomic E-state index is 0.0890. The zero-order valence-electron chi connectivity index (χ0n) is 10.6. The summed E-state index contributed by atoms with van der Waals surface area (Å²) in [6.07, 6.45) is -4.28. The van der Waals surface area contributed by atoms with Gasteiger partial charge in [0.05, 0.1) is 11.7 Å². The van der Waals surface area contributed by atoms with Crippen LogP contribution in [-0.4, -0.2) is 30.3 Å². The summed E-state index contributed by atoms with van der Waals surface area (Å²) in [6, 6.07) is -0.956. The fourth-order valence-corrected chi connectivity index (χ4v) is 4.81. The largest absolute Gasteiger partial charge is 0.391 e. The first kappa shape index (κ1) is 15.4. The normalized spacial score (nSPS) is 18.0. The second-order valence-corrected chi connectivity index (χ2v) is 7.77. The first-order valence-electron chi connectivity index (χ1n) is 5.93. The monoisotopic (exact) mass is 329 g/mol. The first-order chi connectivity index (χ1) is 9.11. The van der Waals surface area contributed by atoms with Gasteiger partial charge in [0, 0.05) is 6.04 Å². The summed E-state index contributed by atoms with van der Waals surface area (Å²) < 4.78 is 65.0. The van der Waals surface area contributed by atoms with Gasteiger partial charge in [-0.1, -0.05) is 0 Å². The molecule has 0 amide bonds. The predicted octanol–water partition coefficient (Wildman–Crippen LogP) is 2.41. The van der Waals surface area contributed by atoms with Crippen LogP contribution in [-0.2, 0) is 9.84 Å². The average Bonchev–Trinajstić information content (AvgIpc) is 3.02. The second-order valence-electron chi connectivity index (χ2n) is 4.84. The third-order valence-electron chi connectivity index (χ3n) is 2.84. The molecule has 0 spiro atoms. The molecule has 1 aliphatic carbocycles. The van der Waals surface area contributed by atoms with Gasteiger partial charge in [0.2, 0.25) is 0 Å². The van der Waals surface area contributed by atoms with Gasteiger partial charge in [-0.15, -0.1) is 0 Å². The second kappa shape index (κ2) is 5.06. The number of alkyl halides is 3. The van der Waals surface area contributed by atoms with Gasteiger partial charge in [-0.05, 0) is 31.3 Å². The zero-order valence-corrected chi connectivity index (χ0v) is 12.2. The topological polar surface area (TPSA) is 85.1 Å². The molecule has 1 heterocycles. The molecule has 1 saturated carbocycles. The van der Waals surface area contributed by atoms with Crippen LogP contribution in [0.25, 0.3) is 0 Å². The molecule has 0 saturated heterocycles. The van der Waals surface area contributed by atoms with Gasteiger partial charge < -0.3 is 11.1 Å². The number of nitrogen functional groups attached to an aromatic ring is 1. The van der Waals surface area contributed by atoms with Crippen LogP contribution in [0.15, 0.2) is 4.90 Å². The fourth-order valence-electron chi connectivity index (χ4n) is 1.83. The Labute approximate surface area is 118 Å². The van der Waals surface area contributed by atoms with E-state index in [2.05, 4.69) is 9.69 Å². The van der Waals surface area contributed by atoms with Crippen molar-refractivity contribution in [2.24, 2.45) is 0 Å². The molecule has 114 valence electrons. The number of nitrogens with zero attached hydrogens (tertiary/aromatic N) is 1. The van der Waals surface area contributed by atoms with Gasteiger partial charge in [0.1, 0.15) is 9.90 Å². The highest BCUT2D eigenvalue weighted by Gasteiger charge is 2.41. The molecule has 10 heteroatoms. The first-order valence-corrected chi connectivity index (χ1v) is 8.25. The molecular formula is C10H14F3N3O2S2. The minimum Gasteiger partial charge on any atom is -0.382 e. The molecule has 1 atom stereocenters. The summed E-state index contributed by atoms with van der Waals surface area (Å²) >= 11 is 0.770. The highest BCUT2D eigenvalue weighted by atomic mass is 32.2. The lowest BCUT2D eigenvalue weighted by Gasteiger charge is -2.16. The van der Waals surface area contributed by atoms with Crippen molar-refractivity contribution in [2.75, 3.05) is 11.1 Å². The van der Waals surface area contributed by atoms with E-state index in [0.29, 0.717) is 12.8 Å². The number of sulfone groups is 1. The SMILES string of the molecule is CC(CC(F)(F)F)Nc1snc(N)c1S(=O)(=O)C1CC1. The van der Waals surface area contributed by atoms with Crippen molar-refractivity contribution in [3.8, 4) is 0 Å². The average molecular weight is 329 g/mol. The van der Waals surface area contributed by atoms with Crippen LogP contribution in [0.2, 0.25) is 0 Å². The molecule has 0 aromatic carbocycles. The maximum atomic E-state index is 12.3. The number of nitrogens with one attached hydrogen (secondary N) is 1. The van der Waals surface area contributed by atoms with Crippen molar-refractivity contribution in [1.29, 1.82) is 0 Å². The van der Waals surface area contributed by atoms with Gasteiger partial charge in [-0.3, -0.25) is 0 Å². The van der Waals surface area contributed by atoms with Crippen LogP contribution in [0.4, 0.5) is 24.0 Å². The summed E-state index contributed by atoms with van der Waals surface area (Å²) in [5.74, 6) is -0.149. The number of anilines is 2. The Balaban J connectivity index is 2.22. The Hall–Kier alpha value is -1.03. The summed E-state index contributed by atoms with van der Waals surface area (Å²) in [7, 11) is -3.59. The zero-order chi connectivity index (χ0) is 15.1. The van der Waals surface area contributed by atoms with E-state index in [1.165, 1.54) is 6.92 Å². The molecule has 0 bridgehead atoms. The molecular weight excluding hydrogens is 315 g/mol. The van der Waals surface area contributed by atoms with Crippen LogP contribution < -0.4 is 11.1 Å². The highest BCUT2D eigenvalue weighted by Crippen LogP contribution is 2.41. The van der Waals surface area contributed by atoms with Gasteiger partial charge >= 0.3 is 6.18 Å². The van der Waals surface area contributed by atoms with Crippen molar-refractivity contribution >= 4 is 32.2 Å².